The number of hydrogen-bond acceptors (Lipinski definition) is 2. The number of alkyl halides is 1. The molecule has 3 rings (SSSR count). The molecule has 0 aliphatic heterocycles. The Balaban J connectivity index is 2.23. The number of non-ortho nitro benzene ring substituents is 1. The number of hydrogen-bond donors (Lipinski definition) is 0. The molecule has 0 aromatic heterocycles. The van der Waals surface area contributed by atoms with Crippen LogP contribution in [0.4, 0.5) is 10.1 Å². The van der Waals surface area contributed by atoms with E-state index < -0.39 is 4.92 Å². The second-order valence-corrected chi connectivity index (χ2v) is 5.04. The van der Waals surface area contributed by atoms with Gasteiger partial charge in [-0.15, -0.1) is 0 Å². The molecule has 0 spiro atoms. The SMILES string of the molecule is O=[N+]([O-])c1ccc2c(c1)C(Br)c1cc(F)ccc1-2. The largest absolute Gasteiger partial charge is 0.269 e. The minimum Gasteiger partial charge on any atom is -0.258 e. The first-order valence-corrected chi connectivity index (χ1v) is 6.22. The Bertz CT molecular complexity index is 672. The van der Waals surface area contributed by atoms with Gasteiger partial charge < -0.3 is 0 Å². The van der Waals surface area contributed by atoms with Crippen LogP contribution in [0.3, 0.4) is 0 Å². The standard InChI is InChI=1S/C13H7BrFNO2/c14-13-11-5-7(15)1-3-9(11)10-4-2-8(16(17)18)6-12(10)13/h1-6,13H. The molecule has 0 saturated carbocycles. The van der Waals surface area contributed by atoms with Gasteiger partial charge in [0.05, 0.1) is 9.75 Å². The highest BCUT2D eigenvalue weighted by Crippen LogP contribution is 2.48. The van der Waals surface area contributed by atoms with Crippen LogP contribution in [0.15, 0.2) is 36.4 Å². The van der Waals surface area contributed by atoms with Crippen LogP contribution in [0.25, 0.3) is 11.1 Å². The smallest absolute Gasteiger partial charge is 0.258 e. The number of halogens is 2. The Morgan fingerprint density at radius 2 is 1.72 bits per heavy atom. The number of nitrogens with zero attached hydrogens (tertiary/aromatic N) is 1. The van der Waals surface area contributed by atoms with Gasteiger partial charge in [0, 0.05) is 12.1 Å². The monoisotopic (exact) mass is 307 g/mol. The van der Waals surface area contributed by atoms with Crippen LogP contribution < -0.4 is 0 Å². The molecule has 0 heterocycles. The van der Waals surface area contributed by atoms with E-state index in [0.717, 1.165) is 22.3 Å². The molecule has 90 valence electrons. The Morgan fingerprint density at radius 3 is 2.39 bits per heavy atom. The Morgan fingerprint density at radius 1 is 1.11 bits per heavy atom. The Kier molecular flexibility index (Phi) is 2.45. The molecule has 1 aliphatic rings. The summed E-state index contributed by atoms with van der Waals surface area (Å²) in [5.41, 5.74) is 3.50. The predicted molar refractivity (Wildman–Crippen MR) is 69.3 cm³/mol. The molecule has 1 unspecified atom stereocenters. The summed E-state index contributed by atoms with van der Waals surface area (Å²) in [6.45, 7) is 0. The lowest BCUT2D eigenvalue weighted by Crippen LogP contribution is -1.91. The quantitative estimate of drug-likeness (QED) is 0.450. The number of rotatable bonds is 1. The maximum atomic E-state index is 13.2. The van der Waals surface area contributed by atoms with Gasteiger partial charge in [0.25, 0.3) is 5.69 Å². The average Bonchev–Trinajstić information content (AvgIpc) is 2.62. The van der Waals surface area contributed by atoms with E-state index in [9.17, 15) is 14.5 Å². The van der Waals surface area contributed by atoms with Crippen LogP contribution in [-0.2, 0) is 0 Å². The van der Waals surface area contributed by atoms with E-state index in [2.05, 4.69) is 15.9 Å². The molecule has 18 heavy (non-hydrogen) atoms. The van der Waals surface area contributed by atoms with Crippen LogP contribution in [0.1, 0.15) is 16.0 Å². The lowest BCUT2D eigenvalue weighted by atomic mass is 10.1. The van der Waals surface area contributed by atoms with Crippen LogP contribution in [0, 0.1) is 15.9 Å². The highest BCUT2D eigenvalue weighted by molar-refractivity contribution is 9.09. The fourth-order valence-corrected chi connectivity index (χ4v) is 3.03. The molecule has 0 N–H and O–H groups in total. The summed E-state index contributed by atoms with van der Waals surface area (Å²) >= 11 is 3.46. The van der Waals surface area contributed by atoms with Crippen LogP contribution in [-0.4, -0.2) is 4.92 Å². The zero-order valence-electron chi connectivity index (χ0n) is 9.06. The van der Waals surface area contributed by atoms with Crippen molar-refractivity contribution in [3.05, 3.63) is 63.5 Å². The summed E-state index contributed by atoms with van der Waals surface area (Å²) in [7, 11) is 0. The van der Waals surface area contributed by atoms with Crippen LogP contribution in [0.2, 0.25) is 0 Å². The second-order valence-electron chi connectivity index (χ2n) is 4.12. The lowest BCUT2D eigenvalue weighted by molar-refractivity contribution is -0.384. The molecule has 2 aromatic carbocycles. The topological polar surface area (TPSA) is 43.1 Å². The van der Waals surface area contributed by atoms with Gasteiger partial charge in [-0.2, -0.15) is 0 Å². The fraction of sp³-hybridized carbons (Fsp3) is 0.0769. The summed E-state index contributed by atoms with van der Waals surface area (Å²) in [5, 5.41) is 10.8. The molecule has 2 aromatic rings. The van der Waals surface area contributed by atoms with Crippen molar-refractivity contribution in [2.45, 2.75) is 4.83 Å². The second kappa shape index (κ2) is 3.88. The third-order valence-electron chi connectivity index (χ3n) is 3.10. The van der Waals surface area contributed by atoms with Crippen molar-refractivity contribution in [2.24, 2.45) is 0 Å². The van der Waals surface area contributed by atoms with E-state index >= 15 is 0 Å². The zero-order chi connectivity index (χ0) is 12.9. The summed E-state index contributed by atoms with van der Waals surface area (Å²) in [6.07, 6.45) is 0. The minimum absolute atomic E-state index is 0.0477. The van der Waals surface area contributed by atoms with Crippen molar-refractivity contribution in [2.75, 3.05) is 0 Å². The summed E-state index contributed by atoms with van der Waals surface area (Å²) in [5.74, 6) is -0.305. The van der Waals surface area contributed by atoms with E-state index in [1.54, 1.807) is 12.1 Å². The van der Waals surface area contributed by atoms with E-state index in [1.807, 2.05) is 0 Å². The van der Waals surface area contributed by atoms with Crippen molar-refractivity contribution in [3.8, 4) is 11.1 Å². The molecule has 0 fully saturated rings. The maximum Gasteiger partial charge on any atom is 0.269 e. The predicted octanol–water partition coefficient (Wildman–Crippen LogP) is 4.20. The highest BCUT2D eigenvalue weighted by Gasteiger charge is 2.28. The summed E-state index contributed by atoms with van der Waals surface area (Å²) in [6, 6.07) is 9.28. The van der Waals surface area contributed by atoms with Gasteiger partial charge in [0.2, 0.25) is 0 Å². The zero-order valence-corrected chi connectivity index (χ0v) is 10.6. The first-order chi connectivity index (χ1) is 8.58. The van der Waals surface area contributed by atoms with Gasteiger partial charge in [-0.25, -0.2) is 4.39 Å². The molecule has 0 radical (unpaired) electrons. The van der Waals surface area contributed by atoms with E-state index in [4.69, 9.17) is 0 Å². The van der Waals surface area contributed by atoms with Crippen molar-refractivity contribution >= 4 is 21.6 Å². The van der Waals surface area contributed by atoms with Crippen LogP contribution in [0.5, 0.6) is 0 Å². The van der Waals surface area contributed by atoms with Gasteiger partial charge >= 0.3 is 0 Å². The van der Waals surface area contributed by atoms with Crippen molar-refractivity contribution in [1.29, 1.82) is 0 Å². The molecular formula is C13H7BrFNO2. The fourth-order valence-electron chi connectivity index (χ4n) is 2.27. The van der Waals surface area contributed by atoms with Gasteiger partial charge in [0.1, 0.15) is 5.82 Å². The molecule has 1 aliphatic carbocycles. The van der Waals surface area contributed by atoms with E-state index in [0.29, 0.717) is 0 Å². The number of benzene rings is 2. The highest BCUT2D eigenvalue weighted by atomic mass is 79.9. The van der Waals surface area contributed by atoms with Crippen LogP contribution >= 0.6 is 15.9 Å². The molecule has 5 heteroatoms. The maximum absolute atomic E-state index is 13.2. The van der Waals surface area contributed by atoms with Gasteiger partial charge in [-0.3, -0.25) is 10.1 Å². The van der Waals surface area contributed by atoms with E-state index in [1.165, 1.54) is 24.3 Å². The van der Waals surface area contributed by atoms with Crippen molar-refractivity contribution < 1.29 is 9.31 Å². The number of fused-ring (bicyclic) bond motifs is 3. The van der Waals surface area contributed by atoms with Crippen molar-refractivity contribution in [1.82, 2.24) is 0 Å². The molecule has 1 atom stereocenters. The molecular weight excluding hydrogens is 301 g/mol. The summed E-state index contributed by atoms with van der Waals surface area (Å²) in [4.78, 5) is 10.1. The minimum atomic E-state index is -0.427. The van der Waals surface area contributed by atoms with Gasteiger partial charge in [0.15, 0.2) is 0 Å². The van der Waals surface area contributed by atoms with Gasteiger partial charge in [-0.1, -0.05) is 22.0 Å². The molecule has 3 nitrogen and oxygen atoms in total. The lowest BCUT2D eigenvalue weighted by Gasteiger charge is -2.03. The Labute approximate surface area is 111 Å². The third kappa shape index (κ3) is 1.54. The summed E-state index contributed by atoms with van der Waals surface area (Å²) < 4.78 is 13.2. The normalized spacial score (nSPS) is 16.2. The third-order valence-corrected chi connectivity index (χ3v) is 4.08. The number of nitro benzene ring substituents is 1. The molecule has 0 bridgehead atoms. The van der Waals surface area contributed by atoms with Crippen molar-refractivity contribution in [3.63, 3.8) is 0 Å². The molecule has 0 saturated heterocycles. The van der Waals surface area contributed by atoms with E-state index in [-0.39, 0.29) is 16.3 Å². The number of nitro groups is 1. The average molecular weight is 308 g/mol. The molecule has 0 amide bonds. The first kappa shape index (κ1) is 11.3. The Hall–Kier alpha value is -1.75. The van der Waals surface area contributed by atoms with Gasteiger partial charge in [-0.05, 0) is 40.5 Å². The first-order valence-electron chi connectivity index (χ1n) is 5.30.